The van der Waals surface area contributed by atoms with E-state index in [1.54, 1.807) is 0 Å². The quantitative estimate of drug-likeness (QED) is 0.348. The van der Waals surface area contributed by atoms with Crippen molar-refractivity contribution < 1.29 is 22.8 Å². The highest BCUT2D eigenvalue weighted by Crippen LogP contribution is 2.37. The third-order valence-electron chi connectivity index (χ3n) is 1.61. The van der Waals surface area contributed by atoms with Gasteiger partial charge in [0.25, 0.3) is 0 Å². The standard InChI is InChI=1S/C8H4ClF4NO/c9-5-1-2-6(10)4(3-14-15)7(5)8(11,12)13/h1-3,15H/b14-3+. The lowest BCUT2D eigenvalue weighted by Crippen LogP contribution is -2.11. The van der Waals surface area contributed by atoms with Crippen molar-refractivity contribution in [2.75, 3.05) is 0 Å². The number of alkyl halides is 3. The fraction of sp³-hybridized carbons (Fsp3) is 0.125. The van der Waals surface area contributed by atoms with Gasteiger partial charge in [-0.2, -0.15) is 13.2 Å². The summed E-state index contributed by atoms with van der Waals surface area (Å²) < 4.78 is 50.2. The van der Waals surface area contributed by atoms with Crippen LogP contribution >= 0.6 is 11.6 Å². The number of hydrogen-bond donors (Lipinski definition) is 1. The fourth-order valence-electron chi connectivity index (χ4n) is 1.04. The van der Waals surface area contributed by atoms with Crippen LogP contribution in [-0.2, 0) is 6.18 Å². The molecule has 82 valence electrons. The van der Waals surface area contributed by atoms with Gasteiger partial charge >= 0.3 is 6.18 Å². The van der Waals surface area contributed by atoms with Gasteiger partial charge in [-0.25, -0.2) is 4.39 Å². The summed E-state index contributed by atoms with van der Waals surface area (Å²) in [7, 11) is 0. The van der Waals surface area contributed by atoms with Crippen LogP contribution in [0.25, 0.3) is 0 Å². The van der Waals surface area contributed by atoms with E-state index in [1.807, 2.05) is 0 Å². The van der Waals surface area contributed by atoms with Crippen LogP contribution in [0.3, 0.4) is 0 Å². The molecule has 0 aliphatic rings. The zero-order valence-corrected chi connectivity index (χ0v) is 7.77. The van der Waals surface area contributed by atoms with Crippen LogP contribution in [0.2, 0.25) is 5.02 Å². The first kappa shape index (κ1) is 11.8. The summed E-state index contributed by atoms with van der Waals surface area (Å²) in [4.78, 5) is 0. The number of halogens is 5. The molecule has 0 amide bonds. The van der Waals surface area contributed by atoms with Crippen molar-refractivity contribution in [3.8, 4) is 0 Å². The van der Waals surface area contributed by atoms with E-state index in [1.165, 1.54) is 0 Å². The summed E-state index contributed by atoms with van der Waals surface area (Å²) >= 11 is 5.29. The van der Waals surface area contributed by atoms with Gasteiger partial charge in [-0.1, -0.05) is 16.8 Å². The Hall–Kier alpha value is -1.30. The largest absolute Gasteiger partial charge is 0.418 e. The van der Waals surface area contributed by atoms with Crippen molar-refractivity contribution in [1.82, 2.24) is 0 Å². The highest BCUT2D eigenvalue weighted by Gasteiger charge is 2.36. The second kappa shape index (κ2) is 4.06. The van der Waals surface area contributed by atoms with E-state index in [4.69, 9.17) is 16.8 Å². The maximum Gasteiger partial charge on any atom is 0.418 e. The van der Waals surface area contributed by atoms with Crippen molar-refractivity contribution in [2.24, 2.45) is 5.16 Å². The lowest BCUT2D eigenvalue weighted by molar-refractivity contribution is -0.137. The lowest BCUT2D eigenvalue weighted by atomic mass is 10.1. The minimum atomic E-state index is -4.81. The van der Waals surface area contributed by atoms with Gasteiger partial charge in [0.2, 0.25) is 0 Å². The molecule has 0 radical (unpaired) electrons. The third-order valence-corrected chi connectivity index (χ3v) is 1.93. The molecule has 0 saturated heterocycles. The molecular weight excluding hydrogens is 238 g/mol. The molecule has 0 unspecified atom stereocenters. The number of oxime groups is 1. The Bertz CT molecular complexity index is 402. The van der Waals surface area contributed by atoms with Gasteiger partial charge in [-0.05, 0) is 12.1 Å². The van der Waals surface area contributed by atoms with Crippen LogP contribution in [0.4, 0.5) is 17.6 Å². The monoisotopic (exact) mass is 241 g/mol. The van der Waals surface area contributed by atoms with E-state index < -0.39 is 28.1 Å². The molecule has 0 heterocycles. The molecular formula is C8H4ClF4NO. The Morgan fingerprint density at radius 3 is 2.40 bits per heavy atom. The van der Waals surface area contributed by atoms with Gasteiger partial charge in [-0.15, -0.1) is 0 Å². The molecule has 2 nitrogen and oxygen atoms in total. The van der Waals surface area contributed by atoms with Gasteiger partial charge < -0.3 is 5.21 Å². The third kappa shape index (κ3) is 2.38. The minimum absolute atomic E-state index is 0.351. The van der Waals surface area contributed by atoms with Crippen LogP contribution in [-0.4, -0.2) is 11.4 Å². The first-order valence-electron chi connectivity index (χ1n) is 3.60. The highest BCUT2D eigenvalue weighted by atomic mass is 35.5. The van der Waals surface area contributed by atoms with Crippen LogP contribution < -0.4 is 0 Å². The number of rotatable bonds is 1. The van der Waals surface area contributed by atoms with Crippen LogP contribution in [0.1, 0.15) is 11.1 Å². The number of benzene rings is 1. The Balaban J connectivity index is 3.52. The molecule has 0 spiro atoms. The molecule has 7 heteroatoms. The summed E-state index contributed by atoms with van der Waals surface area (Å²) in [6.07, 6.45) is -4.46. The summed E-state index contributed by atoms with van der Waals surface area (Å²) in [6, 6.07) is 1.54. The summed E-state index contributed by atoms with van der Waals surface area (Å²) in [6.45, 7) is 0. The maximum atomic E-state index is 13.0. The topological polar surface area (TPSA) is 32.6 Å². The predicted molar refractivity (Wildman–Crippen MR) is 45.8 cm³/mol. The molecule has 0 atom stereocenters. The molecule has 1 N–H and O–H groups in total. The molecule has 1 aromatic rings. The minimum Gasteiger partial charge on any atom is -0.411 e. The van der Waals surface area contributed by atoms with E-state index >= 15 is 0 Å². The van der Waals surface area contributed by atoms with Crippen LogP contribution in [0, 0.1) is 5.82 Å². The Morgan fingerprint density at radius 2 is 1.93 bits per heavy atom. The SMILES string of the molecule is O/N=C/c1c(F)ccc(Cl)c1C(F)(F)F. The van der Waals surface area contributed by atoms with Crippen LogP contribution in [0.5, 0.6) is 0 Å². The zero-order valence-electron chi connectivity index (χ0n) is 7.02. The summed E-state index contributed by atoms with van der Waals surface area (Å²) in [5, 5.41) is 9.82. The zero-order chi connectivity index (χ0) is 11.6. The molecule has 15 heavy (non-hydrogen) atoms. The van der Waals surface area contributed by atoms with Crippen molar-refractivity contribution in [2.45, 2.75) is 6.18 Å². The van der Waals surface area contributed by atoms with Gasteiger partial charge in [0.15, 0.2) is 0 Å². The van der Waals surface area contributed by atoms with Crippen molar-refractivity contribution in [1.29, 1.82) is 0 Å². The van der Waals surface area contributed by atoms with Gasteiger partial charge in [0.05, 0.1) is 16.8 Å². The molecule has 0 aliphatic carbocycles. The van der Waals surface area contributed by atoms with E-state index in [0.29, 0.717) is 6.21 Å². The Kier molecular flexibility index (Phi) is 3.18. The number of nitrogens with zero attached hydrogens (tertiary/aromatic N) is 1. The molecule has 0 bridgehead atoms. The van der Waals surface area contributed by atoms with Gasteiger partial charge in [0.1, 0.15) is 5.82 Å². The Morgan fingerprint density at radius 1 is 1.33 bits per heavy atom. The second-order valence-electron chi connectivity index (χ2n) is 2.56. The molecule has 0 saturated carbocycles. The van der Waals surface area contributed by atoms with Gasteiger partial charge in [0, 0.05) is 5.56 Å². The molecule has 0 aromatic heterocycles. The normalized spacial score (nSPS) is 12.3. The highest BCUT2D eigenvalue weighted by molar-refractivity contribution is 6.31. The van der Waals surface area contributed by atoms with Crippen LogP contribution in [0.15, 0.2) is 17.3 Å². The van der Waals surface area contributed by atoms with E-state index in [0.717, 1.165) is 12.1 Å². The predicted octanol–water partition coefficient (Wildman–Crippen LogP) is 3.31. The second-order valence-corrected chi connectivity index (χ2v) is 2.97. The summed E-state index contributed by atoms with van der Waals surface area (Å²) in [5.74, 6) is -1.16. The first-order valence-corrected chi connectivity index (χ1v) is 3.98. The smallest absolute Gasteiger partial charge is 0.411 e. The average Bonchev–Trinajstić information content (AvgIpc) is 2.09. The lowest BCUT2D eigenvalue weighted by Gasteiger charge is -2.12. The summed E-state index contributed by atoms with van der Waals surface area (Å²) in [5.41, 5.74) is -2.25. The average molecular weight is 242 g/mol. The van der Waals surface area contributed by atoms with Crippen molar-refractivity contribution in [3.63, 3.8) is 0 Å². The van der Waals surface area contributed by atoms with E-state index in [-0.39, 0.29) is 0 Å². The maximum absolute atomic E-state index is 13.0. The first-order chi connectivity index (χ1) is 6.88. The Labute approximate surface area is 86.8 Å². The number of hydrogen-bond acceptors (Lipinski definition) is 2. The fourth-order valence-corrected chi connectivity index (χ4v) is 1.31. The van der Waals surface area contributed by atoms with E-state index in [9.17, 15) is 17.6 Å². The molecule has 0 aliphatic heterocycles. The van der Waals surface area contributed by atoms with Gasteiger partial charge in [-0.3, -0.25) is 0 Å². The van der Waals surface area contributed by atoms with Crippen molar-refractivity contribution in [3.05, 3.63) is 34.1 Å². The molecule has 1 aromatic carbocycles. The van der Waals surface area contributed by atoms with Crippen molar-refractivity contribution >= 4 is 17.8 Å². The van der Waals surface area contributed by atoms with E-state index in [2.05, 4.69) is 5.16 Å². The molecule has 1 rings (SSSR count). The molecule has 0 fully saturated rings.